The van der Waals surface area contributed by atoms with Crippen LogP contribution in [-0.4, -0.2) is 38.9 Å². The first-order valence-electron chi connectivity index (χ1n) is 11.2. The van der Waals surface area contributed by atoms with Gasteiger partial charge in [-0.25, -0.2) is 4.39 Å². The van der Waals surface area contributed by atoms with E-state index in [0.29, 0.717) is 41.0 Å². The highest BCUT2D eigenvalue weighted by atomic mass is 32.2. The van der Waals surface area contributed by atoms with E-state index in [4.69, 9.17) is 0 Å². The molecule has 2 amide bonds. The number of carbonyl (C=O) groups is 2. The highest BCUT2D eigenvalue weighted by Crippen LogP contribution is 2.31. The van der Waals surface area contributed by atoms with Crippen LogP contribution in [0, 0.1) is 5.82 Å². The Hall–Kier alpha value is -3.98. The summed E-state index contributed by atoms with van der Waals surface area (Å²) in [6.45, 7) is 0.642. The summed E-state index contributed by atoms with van der Waals surface area (Å²) in [5.41, 5.74) is 2.84. The van der Waals surface area contributed by atoms with Gasteiger partial charge in [0.05, 0.1) is 17.1 Å². The minimum absolute atomic E-state index is 0.0573. The summed E-state index contributed by atoms with van der Waals surface area (Å²) < 4.78 is 15.4. The number of rotatable bonds is 7. The number of benzene rings is 3. The van der Waals surface area contributed by atoms with Crippen molar-refractivity contribution in [2.24, 2.45) is 0 Å². The monoisotopic (exact) mass is 487 g/mol. The van der Waals surface area contributed by atoms with Crippen LogP contribution in [0.5, 0.6) is 0 Å². The van der Waals surface area contributed by atoms with Gasteiger partial charge in [-0.1, -0.05) is 54.2 Å². The van der Waals surface area contributed by atoms with Crippen molar-refractivity contribution in [3.8, 4) is 17.1 Å². The minimum atomic E-state index is -0.341. The van der Waals surface area contributed by atoms with Gasteiger partial charge >= 0.3 is 0 Å². The fourth-order valence-corrected chi connectivity index (χ4v) is 4.75. The molecule has 1 N–H and O–H groups in total. The number of hydrogen-bond donors (Lipinski definition) is 1. The Balaban J connectivity index is 1.37. The molecule has 2 heterocycles. The Morgan fingerprint density at radius 1 is 0.971 bits per heavy atom. The Kier molecular flexibility index (Phi) is 6.58. The second kappa shape index (κ2) is 10.1. The molecule has 5 rings (SSSR count). The molecular weight excluding hydrogens is 465 g/mol. The average Bonchev–Trinajstić information content (AvgIpc) is 3.50. The lowest BCUT2D eigenvalue weighted by molar-refractivity contribution is -0.117. The van der Waals surface area contributed by atoms with E-state index < -0.39 is 0 Å². The van der Waals surface area contributed by atoms with Crippen LogP contribution >= 0.6 is 11.8 Å². The Bertz CT molecular complexity index is 1360. The van der Waals surface area contributed by atoms with Crippen LogP contribution in [-0.2, 0) is 9.59 Å². The van der Waals surface area contributed by atoms with Crippen LogP contribution in [0.25, 0.3) is 17.1 Å². The number of hydrogen-bond acceptors (Lipinski definition) is 5. The number of halogens is 1. The molecule has 0 unspecified atom stereocenters. The number of carbonyl (C=O) groups excluding carboxylic acids is 2. The summed E-state index contributed by atoms with van der Waals surface area (Å²) in [5, 5.41) is 12.1. The molecule has 9 heteroatoms. The van der Waals surface area contributed by atoms with Crippen LogP contribution in [0.2, 0.25) is 0 Å². The standard InChI is InChI=1S/C26H22FN5O2S/c27-19-12-14-20(15-13-19)32-25(18-7-2-1-3-8-18)29-30-26(32)35-17-23(33)28-21-9-4-5-10-22(21)31-16-6-11-24(31)34/h1-5,7-10,12-15H,6,11,16-17H2,(H,28,33). The Morgan fingerprint density at radius 2 is 1.71 bits per heavy atom. The van der Waals surface area contributed by atoms with Crippen molar-refractivity contribution in [1.29, 1.82) is 0 Å². The summed E-state index contributed by atoms with van der Waals surface area (Å²) in [6, 6.07) is 22.9. The zero-order chi connectivity index (χ0) is 24.2. The third-order valence-electron chi connectivity index (χ3n) is 5.62. The molecule has 0 aliphatic carbocycles. The maximum Gasteiger partial charge on any atom is 0.234 e. The molecule has 1 aromatic heterocycles. The molecule has 3 aromatic carbocycles. The summed E-state index contributed by atoms with van der Waals surface area (Å²) in [5.74, 6) is 0.159. The van der Waals surface area contributed by atoms with Gasteiger partial charge in [0.2, 0.25) is 11.8 Å². The zero-order valence-corrected chi connectivity index (χ0v) is 19.5. The lowest BCUT2D eigenvalue weighted by Crippen LogP contribution is -2.26. The summed E-state index contributed by atoms with van der Waals surface area (Å²) >= 11 is 1.23. The summed E-state index contributed by atoms with van der Waals surface area (Å²) in [4.78, 5) is 26.8. The molecule has 35 heavy (non-hydrogen) atoms. The van der Waals surface area contributed by atoms with E-state index in [9.17, 15) is 14.0 Å². The number of aromatic nitrogens is 3. The largest absolute Gasteiger partial charge is 0.324 e. The smallest absolute Gasteiger partial charge is 0.234 e. The quantitative estimate of drug-likeness (QED) is 0.374. The van der Waals surface area contributed by atoms with Gasteiger partial charge in [-0.3, -0.25) is 14.2 Å². The van der Waals surface area contributed by atoms with Gasteiger partial charge < -0.3 is 10.2 Å². The van der Waals surface area contributed by atoms with Gasteiger partial charge in [-0.05, 0) is 42.8 Å². The van der Waals surface area contributed by atoms with Crippen molar-refractivity contribution in [2.45, 2.75) is 18.0 Å². The van der Waals surface area contributed by atoms with Gasteiger partial charge in [0, 0.05) is 24.2 Å². The normalized spacial score (nSPS) is 13.3. The predicted octanol–water partition coefficient (Wildman–Crippen LogP) is 4.93. The Morgan fingerprint density at radius 3 is 2.46 bits per heavy atom. The van der Waals surface area contributed by atoms with Crippen molar-refractivity contribution in [3.63, 3.8) is 0 Å². The number of para-hydroxylation sites is 2. The van der Waals surface area contributed by atoms with Crippen molar-refractivity contribution in [2.75, 3.05) is 22.5 Å². The van der Waals surface area contributed by atoms with Crippen molar-refractivity contribution >= 4 is 35.0 Å². The van der Waals surface area contributed by atoms with Gasteiger partial charge in [0.25, 0.3) is 0 Å². The Labute approximate surface area is 206 Å². The number of nitrogens with zero attached hydrogens (tertiary/aromatic N) is 4. The van der Waals surface area contributed by atoms with E-state index >= 15 is 0 Å². The van der Waals surface area contributed by atoms with E-state index in [0.717, 1.165) is 12.0 Å². The van der Waals surface area contributed by atoms with Crippen LogP contribution in [0.1, 0.15) is 12.8 Å². The van der Waals surface area contributed by atoms with Gasteiger partial charge in [0.1, 0.15) is 5.82 Å². The maximum absolute atomic E-state index is 13.6. The first-order valence-corrected chi connectivity index (χ1v) is 12.2. The molecule has 1 fully saturated rings. The van der Waals surface area contributed by atoms with Gasteiger partial charge in [-0.15, -0.1) is 10.2 Å². The molecule has 0 saturated carbocycles. The zero-order valence-electron chi connectivity index (χ0n) is 18.7. The van der Waals surface area contributed by atoms with Crippen LogP contribution in [0.15, 0.2) is 84.0 Å². The fourth-order valence-electron chi connectivity index (χ4n) is 3.99. The van der Waals surface area contributed by atoms with Crippen LogP contribution in [0.4, 0.5) is 15.8 Å². The lowest BCUT2D eigenvalue weighted by atomic mass is 10.2. The number of anilines is 2. The van der Waals surface area contributed by atoms with Crippen molar-refractivity contribution in [1.82, 2.24) is 14.8 Å². The molecule has 1 saturated heterocycles. The van der Waals surface area contributed by atoms with E-state index in [1.54, 1.807) is 23.1 Å². The van der Waals surface area contributed by atoms with Crippen molar-refractivity contribution in [3.05, 3.63) is 84.7 Å². The third kappa shape index (κ3) is 4.95. The van der Waals surface area contributed by atoms with Gasteiger partial charge in [0.15, 0.2) is 11.0 Å². The molecule has 1 aliphatic heterocycles. The SMILES string of the molecule is O=C(CSc1nnc(-c2ccccc2)n1-c1ccc(F)cc1)Nc1ccccc1N1CCCC1=O. The maximum atomic E-state index is 13.6. The fraction of sp³-hybridized carbons (Fsp3) is 0.154. The number of thioether (sulfide) groups is 1. The lowest BCUT2D eigenvalue weighted by Gasteiger charge is -2.19. The topological polar surface area (TPSA) is 80.1 Å². The highest BCUT2D eigenvalue weighted by molar-refractivity contribution is 7.99. The molecule has 0 spiro atoms. The van der Waals surface area contributed by atoms with Gasteiger partial charge in [-0.2, -0.15) is 0 Å². The second-order valence-electron chi connectivity index (χ2n) is 7.99. The third-order valence-corrected chi connectivity index (χ3v) is 6.55. The van der Waals surface area contributed by atoms with E-state index in [-0.39, 0.29) is 23.4 Å². The molecule has 0 atom stereocenters. The van der Waals surface area contributed by atoms with Crippen LogP contribution < -0.4 is 10.2 Å². The van der Waals surface area contributed by atoms with E-state index in [1.807, 2.05) is 53.1 Å². The van der Waals surface area contributed by atoms with E-state index in [1.165, 1.54) is 23.9 Å². The predicted molar refractivity (Wildman–Crippen MR) is 134 cm³/mol. The first kappa shape index (κ1) is 22.8. The molecular formula is C26H22FN5O2S. The minimum Gasteiger partial charge on any atom is -0.324 e. The molecule has 0 radical (unpaired) electrons. The summed E-state index contributed by atoms with van der Waals surface area (Å²) in [7, 11) is 0. The summed E-state index contributed by atoms with van der Waals surface area (Å²) in [6.07, 6.45) is 1.32. The second-order valence-corrected chi connectivity index (χ2v) is 8.93. The number of amides is 2. The molecule has 7 nitrogen and oxygen atoms in total. The number of nitrogens with one attached hydrogen (secondary N) is 1. The molecule has 4 aromatic rings. The average molecular weight is 488 g/mol. The highest BCUT2D eigenvalue weighted by Gasteiger charge is 2.24. The van der Waals surface area contributed by atoms with Crippen molar-refractivity contribution < 1.29 is 14.0 Å². The van der Waals surface area contributed by atoms with Crippen LogP contribution in [0.3, 0.4) is 0 Å². The molecule has 0 bridgehead atoms. The molecule has 176 valence electrons. The molecule has 1 aliphatic rings. The first-order chi connectivity index (χ1) is 17.1. The van der Waals surface area contributed by atoms with E-state index in [2.05, 4.69) is 15.5 Å².